The first-order valence-electron chi connectivity index (χ1n) is 6.66. The van der Waals surface area contributed by atoms with E-state index in [4.69, 9.17) is 0 Å². The zero-order valence-electron chi connectivity index (χ0n) is 12.7. The van der Waals surface area contributed by atoms with Crippen LogP contribution >= 0.6 is 0 Å². The Morgan fingerprint density at radius 1 is 1.48 bits per heavy atom. The van der Waals surface area contributed by atoms with Gasteiger partial charge in [-0.2, -0.15) is 0 Å². The Kier molecular flexibility index (Phi) is 5.26. The zero-order valence-corrected chi connectivity index (χ0v) is 12.7. The Morgan fingerprint density at radius 2 is 2.10 bits per heavy atom. The van der Waals surface area contributed by atoms with Crippen LogP contribution < -0.4 is 5.32 Å². The minimum Gasteiger partial charge on any atom is -0.389 e. The highest BCUT2D eigenvalue weighted by Crippen LogP contribution is 2.23. The number of urea groups is 1. The van der Waals surface area contributed by atoms with Gasteiger partial charge in [0, 0.05) is 24.4 Å². The van der Waals surface area contributed by atoms with Gasteiger partial charge in [-0.25, -0.2) is 4.79 Å². The Morgan fingerprint density at radius 3 is 2.57 bits per heavy atom. The van der Waals surface area contributed by atoms with Gasteiger partial charge >= 0.3 is 6.03 Å². The number of benzene rings is 1. The highest BCUT2D eigenvalue weighted by atomic mass is 16.6. The van der Waals surface area contributed by atoms with Crippen LogP contribution in [0.25, 0.3) is 0 Å². The molecule has 2 N–H and O–H groups in total. The lowest BCUT2D eigenvalue weighted by molar-refractivity contribution is -0.385. The molecule has 2 amide bonds. The zero-order chi connectivity index (χ0) is 16.2. The SMILES string of the molecule is CCc1ccc(NC(=O)N(C)CC(C)(C)O)cc1[N+](=O)[O-]. The maximum Gasteiger partial charge on any atom is 0.321 e. The minimum absolute atomic E-state index is 0.0135. The second-order valence-electron chi connectivity index (χ2n) is 5.55. The van der Waals surface area contributed by atoms with Crippen molar-refractivity contribution >= 4 is 17.4 Å². The molecule has 0 fully saturated rings. The van der Waals surface area contributed by atoms with Crippen LogP contribution in [0.1, 0.15) is 26.3 Å². The number of rotatable bonds is 5. The van der Waals surface area contributed by atoms with Crippen LogP contribution in [-0.2, 0) is 6.42 Å². The van der Waals surface area contributed by atoms with Crippen molar-refractivity contribution in [2.45, 2.75) is 32.8 Å². The van der Waals surface area contributed by atoms with Gasteiger partial charge in [-0.3, -0.25) is 10.1 Å². The summed E-state index contributed by atoms with van der Waals surface area (Å²) in [6.45, 7) is 5.17. The number of hydrogen-bond donors (Lipinski definition) is 2. The first-order valence-corrected chi connectivity index (χ1v) is 6.66. The fraction of sp³-hybridized carbons (Fsp3) is 0.500. The summed E-state index contributed by atoms with van der Waals surface area (Å²) in [5.41, 5.74) is -0.0563. The molecule has 0 saturated carbocycles. The largest absolute Gasteiger partial charge is 0.389 e. The predicted molar refractivity (Wildman–Crippen MR) is 80.4 cm³/mol. The van der Waals surface area contributed by atoms with Crippen molar-refractivity contribution in [2.24, 2.45) is 0 Å². The highest BCUT2D eigenvalue weighted by molar-refractivity contribution is 5.89. The van der Waals surface area contributed by atoms with Crippen molar-refractivity contribution < 1.29 is 14.8 Å². The number of likely N-dealkylation sites (N-methyl/N-ethyl adjacent to an activating group) is 1. The summed E-state index contributed by atoms with van der Waals surface area (Å²) in [5.74, 6) is 0. The summed E-state index contributed by atoms with van der Waals surface area (Å²) < 4.78 is 0. The molecular formula is C14H21N3O4. The van der Waals surface area contributed by atoms with Crippen LogP contribution in [0, 0.1) is 10.1 Å². The fourth-order valence-corrected chi connectivity index (χ4v) is 1.98. The monoisotopic (exact) mass is 295 g/mol. The molecule has 116 valence electrons. The Labute approximate surface area is 123 Å². The summed E-state index contributed by atoms with van der Waals surface area (Å²) in [4.78, 5) is 23.8. The summed E-state index contributed by atoms with van der Waals surface area (Å²) in [5, 5.41) is 23.2. The van der Waals surface area contributed by atoms with Gasteiger partial charge in [-0.1, -0.05) is 13.0 Å². The molecule has 1 aromatic rings. The minimum atomic E-state index is -1.01. The summed E-state index contributed by atoms with van der Waals surface area (Å²) in [7, 11) is 1.54. The predicted octanol–water partition coefficient (Wildman–Crippen LogP) is 2.39. The van der Waals surface area contributed by atoms with Crippen molar-refractivity contribution in [3.05, 3.63) is 33.9 Å². The molecule has 7 nitrogen and oxygen atoms in total. The third-order valence-electron chi connectivity index (χ3n) is 2.88. The van der Waals surface area contributed by atoms with E-state index in [2.05, 4.69) is 5.32 Å². The Balaban J connectivity index is 2.86. The van der Waals surface area contributed by atoms with Crippen LogP contribution in [-0.4, -0.2) is 40.2 Å². The topological polar surface area (TPSA) is 95.7 Å². The summed E-state index contributed by atoms with van der Waals surface area (Å²) >= 11 is 0. The molecule has 1 aromatic carbocycles. The lowest BCUT2D eigenvalue weighted by Gasteiger charge is -2.25. The van der Waals surface area contributed by atoms with E-state index < -0.39 is 16.6 Å². The molecular weight excluding hydrogens is 274 g/mol. The number of nitrogens with one attached hydrogen (secondary N) is 1. The molecule has 0 radical (unpaired) electrons. The van der Waals surface area contributed by atoms with Gasteiger partial charge in [0.2, 0.25) is 0 Å². The molecule has 0 heterocycles. The molecule has 1 rings (SSSR count). The average Bonchev–Trinajstić information content (AvgIpc) is 2.36. The third kappa shape index (κ3) is 5.03. The van der Waals surface area contributed by atoms with Gasteiger partial charge in [-0.05, 0) is 26.3 Å². The molecule has 0 aliphatic carbocycles. The Bertz CT molecular complexity index is 538. The lowest BCUT2D eigenvalue weighted by atomic mass is 10.1. The van der Waals surface area contributed by atoms with E-state index in [9.17, 15) is 20.0 Å². The molecule has 0 spiro atoms. The molecule has 0 aromatic heterocycles. The number of amides is 2. The maximum atomic E-state index is 12.0. The number of carbonyl (C=O) groups excluding carboxylic acids is 1. The number of nitro groups is 1. The highest BCUT2D eigenvalue weighted by Gasteiger charge is 2.20. The van der Waals surface area contributed by atoms with E-state index in [0.717, 1.165) is 0 Å². The average molecular weight is 295 g/mol. The molecule has 0 atom stereocenters. The molecule has 0 aliphatic heterocycles. The molecule has 0 aliphatic rings. The molecule has 0 unspecified atom stereocenters. The van der Waals surface area contributed by atoms with Crippen LogP contribution in [0.5, 0.6) is 0 Å². The third-order valence-corrected chi connectivity index (χ3v) is 2.88. The van der Waals surface area contributed by atoms with Crippen molar-refractivity contribution in [2.75, 3.05) is 18.9 Å². The molecule has 21 heavy (non-hydrogen) atoms. The van der Waals surface area contributed by atoms with Gasteiger partial charge in [0.25, 0.3) is 5.69 Å². The number of aliphatic hydroxyl groups is 1. The van der Waals surface area contributed by atoms with Crippen molar-refractivity contribution in [1.29, 1.82) is 0 Å². The smallest absolute Gasteiger partial charge is 0.321 e. The second kappa shape index (κ2) is 6.53. The van der Waals surface area contributed by atoms with Crippen LogP contribution in [0.3, 0.4) is 0 Å². The van der Waals surface area contributed by atoms with E-state index in [1.807, 2.05) is 6.92 Å². The molecule has 7 heteroatoms. The van der Waals surface area contributed by atoms with Gasteiger partial charge in [-0.15, -0.1) is 0 Å². The van der Waals surface area contributed by atoms with Gasteiger partial charge < -0.3 is 15.3 Å². The van der Waals surface area contributed by atoms with Crippen LogP contribution in [0.15, 0.2) is 18.2 Å². The standard InChI is InChI=1S/C14H21N3O4/c1-5-10-6-7-11(8-12(10)17(20)21)15-13(18)16(4)9-14(2,3)19/h6-8,19H,5,9H2,1-4H3,(H,15,18). The van der Waals surface area contributed by atoms with Gasteiger partial charge in [0.05, 0.1) is 17.1 Å². The van der Waals surface area contributed by atoms with Crippen molar-refractivity contribution in [3.63, 3.8) is 0 Å². The Hall–Kier alpha value is -2.15. The van der Waals surface area contributed by atoms with Crippen LogP contribution in [0.2, 0.25) is 0 Å². The number of anilines is 1. The van der Waals surface area contributed by atoms with E-state index >= 15 is 0 Å². The molecule has 0 bridgehead atoms. The molecule has 0 saturated heterocycles. The van der Waals surface area contributed by atoms with E-state index in [0.29, 0.717) is 17.7 Å². The van der Waals surface area contributed by atoms with E-state index in [1.54, 1.807) is 33.0 Å². The van der Waals surface area contributed by atoms with Crippen molar-refractivity contribution in [1.82, 2.24) is 4.90 Å². The fourth-order valence-electron chi connectivity index (χ4n) is 1.98. The summed E-state index contributed by atoms with van der Waals surface area (Å²) in [6.07, 6.45) is 0.545. The van der Waals surface area contributed by atoms with Gasteiger partial charge in [0.15, 0.2) is 0 Å². The number of hydrogen-bond acceptors (Lipinski definition) is 4. The lowest BCUT2D eigenvalue weighted by Crippen LogP contribution is -2.41. The number of aryl methyl sites for hydroxylation is 1. The van der Waals surface area contributed by atoms with Crippen LogP contribution in [0.4, 0.5) is 16.2 Å². The quantitative estimate of drug-likeness (QED) is 0.644. The second-order valence-corrected chi connectivity index (χ2v) is 5.55. The summed E-state index contributed by atoms with van der Waals surface area (Å²) in [6, 6.07) is 4.16. The van der Waals surface area contributed by atoms with Gasteiger partial charge in [0.1, 0.15) is 0 Å². The van der Waals surface area contributed by atoms with Crippen molar-refractivity contribution in [3.8, 4) is 0 Å². The first kappa shape index (κ1) is 16.9. The maximum absolute atomic E-state index is 12.0. The number of nitro benzene ring substituents is 1. The first-order chi connectivity index (χ1) is 9.64. The normalized spacial score (nSPS) is 11.1. The van der Waals surface area contributed by atoms with E-state index in [-0.39, 0.29) is 12.2 Å². The van der Waals surface area contributed by atoms with E-state index in [1.165, 1.54) is 11.0 Å². The number of carbonyl (C=O) groups is 1. The number of nitrogens with zero attached hydrogens (tertiary/aromatic N) is 2.